The van der Waals surface area contributed by atoms with Crippen molar-refractivity contribution in [3.8, 4) is 0 Å². The molecule has 1 fully saturated rings. The van der Waals surface area contributed by atoms with Gasteiger partial charge in [0.15, 0.2) is 6.61 Å². The molecule has 1 saturated carbocycles. The normalized spacial score (nSPS) is 15.2. The Kier molecular flexibility index (Phi) is 4.49. The van der Waals surface area contributed by atoms with Crippen LogP contribution in [0.1, 0.15) is 41.7 Å². The fraction of sp³-hybridized carbons (Fsp3) is 0.500. The molecule has 2 rings (SSSR count). The summed E-state index contributed by atoms with van der Waals surface area (Å²) in [5.74, 6) is -0.755. The Hall–Kier alpha value is -1.91. The van der Waals surface area contributed by atoms with E-state index in [1.165, 1.54) is 6.20 Å². The topological polar surface area (TPSA) is 68.3 Å². The molecule has 0 aromatic carbocycles. The fourth-order valence-electron chi connectivity index (χ4n) is 2.14. The van der Waals surface area contributed by atoms with E-state index in [0.29, 0.717) is 5.56 Å². The molecular weight excluding hydrogens is 244 g/mol. The molecule has 1 aliphatic rings. The van der Waals surface area contributed by atoms with Gasteiger partial charge in [-0.05, 0) is 31.9 Å². The number of carbonyl (C=O) groups is 2. The van der Waals surface area contributed by atoms with E-state index >= 15 is 0 Å². The third-order valence-electron chi connectivity index (χ3n) is 3.20. The van der Waals surface area contributed by atoms with Gasteiger partial charge in [0.25, 0.3) is 5.91 Å². The first-order valence-electron chi connectivity index (χ1n) is 6.54. The molecule has 0 radical (unpaired) electrons. The minimum Gasteiger partial charge on any atom is -0.452 e. The molecule has 1 aromatic rings. The van der Waals surface area contributed by atoms with Gasteiger partial charge in [-0.1, -0.05) is 12.8 Å². The minimum absolute atomic E-state index is 0.233. The predicted octanol–water partition coefficient (Wildman–Crippen LogP) is 1.61. The number of aryl methyl sites for hydroxylation is 1. The van der Waals surface area contributed by atoms with Gasteiger partial charge in [-0.2, -0.15) is 0 Å². The molecule has 5 nitrogen and oxygen atoms in total. The van der Waals surface area contributed by atoms with Crippen molar-refractivity contribution in [2.24, 2.45) is 0 Å². The van der Waals surface area contributed by atoms with Crippen molar-refractivity contribution in [1.29, 1.82) is 0 Å². The third-order valence-corrected chi connectivity index (χ3v) is 3.20. The molecule has 5 heteroatoms. The van der Waals surface area contributed by atoms with Crippen LogP contribution in [-0.2, 0) is 9.53 Å². The number of nitrogens with one attached hydrogen (secondary N) is 1. The predicted molar refractivity (Wildman–Crippen MR) is 69.7 cm³/mol. The standard InChI is InChI=1S/C14H18N2O3/c1-10-6-7-11(8-15-10)14(18)19-9-13(17)16-12-4-2-3-5-12/h6-8,12H,2-5,9H2,1H3,(H,16,17). The van der Waals surface area contributed by atoms with Crippen LogP contribution in [0.4, 0.5) is 0 Å². The maximum Gasteiger partial charge on any atom is 0.340 e. The molecule has 0 aliphatic heterocycles. The third kappa shape index (κ3) is 4.05. The Morgan fingerprint density at radius 2 is 2.11 bits per heavy atom. The van der Waals surface area contributed by atoms with E-state index in [4.69, 9.17) is 4.74 Å². The Labute approximate surface area is 112 Å². The van der Waals surface area contributed by atoms with Crippen LogP contribution in [-0.4, -0.2) is 29.5 Å². The number of amides is 1. The van der Waals surface area contributed by atoms with Crippen molar-refractivity contribution in [3.63, 3.8) is 0 Å². The molecule has 0 atom stereocenters. The smallest absolute Gasteiger partial charge is 0.340 e. The zero-order valence-electron chi connectivity index (χ0n) is 11.0. The summed E-state index contributed by atoms with van der Waals surface area (Å²) >= 11 is 0. The number of carbonyl (C=O) groups excluding carboxylic acids is 2. The second-order valence-electron chi connectivity index (χ2n) is 4.81. The van der Waals surface area contributed by atoms with E-state index in [9.17, 15) is 9.59 Å². The van der Waals surface area contributed by atoms with Crippen molar-refractivity contribution in [2.75, 3.05) is 6.61 Å². The highest BCUT2D eigenvalue weighted by atomic mass is 16.5. The number of aromatic nitrogens is 1. The Morgan fingerprint density at radius 3 is 2.74 bits per heavy atom. The largest absolute Gasteiger partial charge is 0.452 e. The van der Waals surface area contributed by atoms with Crippen LogP contribution in [0.5, 0.6) is 0 Å². The lowest BCUT2D eigenvalue weighted by molar-refractivity contribution is -0.124. The zero-order valence-corrected chi connectivity index (χ0v) is 11.0. The highest BCUT2D eigenvalue weighted by molar-refractivity contribution is 5.91. The summed E-state index contributed by atoms with van der Waals surface area (Å²) in [6.07, 6.45) is 5.79. The maximum atomic E-state index is 11.7. The summed E-state index contributed by atoms with van der Waals surface area (Å²) in [6.45, 7) is 1.60. The van der Waals surface area contributed by atoms with Crippen LogP contribution >= 0.6 is 0 Å². The lowest BCUT2D eigenvalue weighted by Crippen LogP contribution is -2.35. The number of hydrogen-bond donors (Lipinski definition) is 1. The first-order valence-corrected chi connectivity index (χ1v) is 6.54. The molecule has 1 aromatic heterocycles. The summed E-state index contributed by atoms with van der Waals surface area (Å²) in [5.41, 5.74) is 1.19. The van der Waals surface area contributed by atoms with Crippen LogP contribution in [0.25, 0.3) is 0 Å². The second-order valence-corrected chi connectivity index (χ2v) is 4.81. The van der Waals surface area contributed by atoms with Gasteiger partial charge in [-0.15, -0.1) is 0 Å². The number of rotatable bonds is 4. The number of ether oxygens (including phenoxy) is 1. The van der Waals surface area contributed by atoms with Crippen LogP contribution in [0, 0.1) is 6.92 Å². The summed E-state index contributed by atoms with van der Waals surface area (Å²) in [4.78, 5) is 27.2. The summed E-state index contributed by atoms with van der Waals surface area (Å²) in [7, 11) is 0. The molecule has 1 N–H and O–H groups in total. The first-order chi connectivity index (χ1) is 9.15. The lowest BCUT2D eigenvalue weighted by atomic mass is 10.2. The summed E-state index contributed by atoms with van der Waals surface area (Å²) in [5, 5.41) is 2.86. The second kappa shape index (κ2) is 6.31. The van der Waals surface area contributed by atoms with Crippen LogP contribution in [0.2, 0.25) is 0 Å². The number of nitrogens with zero attached hydrogens (tertiary/aromatic N) is 1. The minimum atomic E-state index is -0.519. The van der Waals surface area contributed by atoms with E-state index in [0.717, 1.165) is 31.4 Å². The van der Waals surface area contributed by atoms with Gasteiger partial charge in [-0.3, -0.25) is 9.78 Å². The fourth-order valence-corrected chi connectivity index (χ4v) is 2.14. The molecular formula is C14H18N2O3. The van der Waals surface area contributed by atoms with Crippen molar-refractivity contribution >= 4 is 11.9 Å². The zero-order chi connectivity index (χ0) is 13.7. The number of pyridine rings is 1. The summed E-state index contributed by atoms with van der Waals surface area (Å²) in [6, 6.07) is 3.61. The van der Waals surface area contributed by atoms with E-state index in [1.54, 1.807) is 12.1 Å². The van der Waals surface area contributed by atoms with Gasteiger partial charge in [0.1, 0.15) is 0 Å². The van der Waals surface area contributed by atoms with Crippen molar-refractivity contribution in [3.05, 3.63) is 29.6 Å². The molecule has 19 heavy (non-hydrogen) atoms. The molecule has 0 unspecified atom stereocenters. The Bertz CT molecular complexity index is 450. The molecule has 0 saturated heterocycles. The molecule has 1 aliphatic carbocycles. The van der Waals surface area contributed by atoms with E-state index in [2.05, 4.69) is 10.3 Å². The molecule has 0 spiro atoms. The maximum absolute atomic E-state index is 11.7. The summed E-state index contributed by atoms with van der Waals surface area (Å²) < 4.78 is 4.95. The average Bonchev–Trinajstić information content (AvgIpc) is 2.89. The Balaban J connectivity index is 1.76. The first kappa shape index (κ1) is 13.5. The SMILES string of the molecule is Cc1ccc(C(=O)OCC(=O)NC2CCCC2)cn1. The lowest BCUT2D eigenvalue weighted by Gasteiger charge is -2.11. The van der Waals surface area contributed by atoms with Gasteiger partial charge >= 0.3 is 5.97 Å². The van der Waals surface area contributed by atoms with Gasteiger partial charge in [0.05, 0.1) is 5.56 Å². The monoisotopic (exact) mass is 262 g/mol. The van der Waals surface area contributed by atoms with Crippen molar-refractivity contribution in [2.45, 2.75) is 38.6 Å². The van der Waals surface area contributed by atoms with Gasteiger partial charge in [0.2, 0.25) is 0 Å². The molecule has 0 bridgehead atoms. The van der Waals surface area contributed by atoms with Gasteiger partial charge < -0.3 is 10.1 Å². The highest BCUT2D eigenvalue weighted by Gasteiger charge is 2.18. The molecule has 102 valence electrons. The number of hydrogen-bond acceptors (Lipinski definition) is 4. The molecule has 1 heterocycles. The van der Waals surface area contributed by atoms with Crippen molar-refractivity contribution in [1.82, 2.24) is 10.3 Å². The van der Waals surface area contributed by atoms with Crippen molar-refractivity contribution < 1.29 is 14.3 Å². The van der Waals surface area contributed by atoms with Gasteiger partial charge in [-0.25, -0.2) is 4.79 Å². The van der Waals surface area contributed by atoms with Gasteiger partial charge in [0, 0.05) is 17.9 Å². The highest BCUT2D eigenvalue weighted by Crippen LogP contribution is 2.17. The quantitative estimate of drug-likeness (QED) is 0.837. The van der Waals surface area contributed by atoms with Crippen LogP contribution in [0.3, 0.4) is 0 Å². The van der Waals surface area contributed by atoms with Crippen LogP contribution in [0.15, 0.2) is 18.3 Å². The van der Waals surface area contributed by atoms with E-state index < -0.39 is 5.97 Å². The molecule has 1 amide bonds. The average molecular weight is 262 g/mol. The van der Waals surface area contributed by atoms with Crippen LogP contribution < -0.4 is 5.32 Å². The Morgan fingerprint density at radius 1 is 1.37 bits per heavy atom. The van der Waals surface area contributed by atoms with E-state index in [-0.39, 0.29) is 18.6 Å². The number of esters is 1. The van der Waals surface area contributed by atoms with E-state index in [1.807, 2.05) is 6.92 Å².